The van der Waals surface area contributed by atoms with Gasteiger partial charge in [-0.15, -0.1) is 0 Å². The molecule has 0 radical (unpaired) electrons. The summed E-state index contributed by atoms with van der Waals surface area (Å²) in [5, 5.41) is 3.68. The highest BCUT2D eigenvalue weighted by Crippen LogP contribution is 2.28. The van der Waals surface area contributed by atoms with Crippen LogP contribution in [0, 0.1) is 13.8 Å². The molecule has 0 aliphatic heterocycles. The lowest BCUT2D eigenvalue weighted by atomic mass is 10.1. The predicted octanol–water partition coefficient (Wildman–Crippen LogP) is 6.14. The second-order valence-corrected chi connectivity index (χ2v) is 12.6. The van der Waals surface area contributed by atoms with Crippen molar-refractivity contribution in [3.05, 3.63) is 93.5 Å². The summed E-state index contributed by atoms with van der Waals surface area (Å²) >= 11 is 12.5. The summed E-state index contributed by atoms with van der Waals surface area (Å²) in [6.07, 6.45) is 0.714. The van der Waals surface area contributed by atoms with E-state index >= 15 is 0 Å². The average Bonchev–Trinajstić information content (AvgIpc) is 2.91. The molecule has 3 aromatic rings. The molecule has 0 unspecified atom stereocenters. The maximum atomic E-state index is 14.0. The number of carbonyl (C=O) groups is 2. The number of hydrogen-bond donors (Lipinski definition) is 1. The Morgan fingerprint density at radius 3 is 2.20 bits per heavy atom. The van der Waals surface area contributed by atoms with Crippen LogP contribution in [-0.2, 0) is 26.2 Å². The second-order valence-electron chi connectivity index (χ2n) is 9.86. The maximum absolute atomic E-state index is 14.0. The molecule has 0 saturated heterocycles. The average molecular weight is 605 g/mol. The fourth-order valence-corrected chi connectivity index (χ4v) is 6.02. The van der Waals surface area contributed by atoms with Crippen molar-refractivity contribution in [2.24, 2.45) is 0 Å². The number of anilines is 1. The van der Waals surface area contributed by atoms with Gasteiger partial charge in [-0.25, -0.2) is 8.42 Å². The molecule has 0 aromatic heterocycles. The van der Waals surface area contributed by atoms with Gasteiger partial charge in [0.15, 0.2) is 0 Å². The number of aryl methyl sites for hydroxylation is 2. The molecule has 0 bridgehead atoms. The summed E-state index contributed by atoms with van der Waals surface area (Å²) < 4.78 is 29.0. The highest BCUT2D eigenvalue weighted by Gasteiger charge is 2.33. The summed E-state index contributed by atoms with van der Waals surface area (Å²) in [6.45, 7) is 8.55. The topological polar surface area (TPSA) is 86.8 Å². The van der Waals surface area contributed by atoms with Crippen molar-refractivity contribution >= 4 is 50.7 Å². The molecule has 1 N–H and O–H groups in total. The van der Waals surface area contributed by atoms with Crippen LogP contribution in [0.3, 0.4) is 0 Å². The van der Waals surface area contributed by atoms with Crippen molar-refractivity contribution < 1.29 is 18.0 Å². The van der Waals surface area contributed by atoms with Crippen molar-refractivity contribution in [2.45, 2.75) is 64.6 Å². The minimum absolute atomic E-state index is 0.0177. The van der Waals surface area contributed by atoms with Crippen LogP contribution in [0.15, 0.2) is 71.6 Å². The number of sulfonamides is 1. The van der Waals surface area contributed by atoms with E-state index in [0.717, 1.165) is 9.87 Å². The number of para-hydroxylation sites is 1. The van der Waals surface area contributed by atoms with Gasteiger partial charge in [-0.2, -0.15) is 0 Å². The van der Waals surface area contributed by atoms with Gasteiger partial charge in [0.05, 0.1) is 10.6 Å². The van der Waals surface area contributed by atoms with Crippen molar-refractivity contribution in [1.82, 2.24) is 10.2 Å². The number of carbonyl (C=O) groups excluding carboxylic acids is 2. The molecule has 2 atom stereocenters. The summed E-state index contributed by atoms with van der Waals surface area (Å²) in [7, 11) is -4.14. The van der Waals surface area contributed by atoms with Gasteiger partial charge < -0.3 is 10.2 Å². The Bertz CT molecular complexity index is 1460. The first-order valence-electron chi connectivity index (χ1n) is 13.0. The Balaban J connectivity index is 2.06. The number of hydrogen-bond acceptors (Lipinski definition) is 4. The first-order valence-corrected chi connectivity index (χ1v) is 15.2. The van der Waals surface area contributed by atoms with E-state index in [9.17, 15) is 18.0 Å². The minimum Gasteiger partial charge on any atom is -0.352 e. The fourth-order valence-electron chi connectivity index (χ4n) is 4.08. The maximum Gasteiger partial charge on any atom is 0.264 e. The van der Waals surface area contributed by atoms with Crippen LogP contribution in [0.2, 0.25) is 10.0 Å². The van der Waals surface area contributed by atoms with Crippen molar-refractivity contribution in [3.63, 3.8) is 0 Å². The van der Waals surface area contributed by atoms with E-state index in [-0.39, 0.29) is 23.4 Å². The van der Waals surface area contributed by atoms with E-state index in [1.807, 2.05) is 20.8 Å². The number of nitrogens with one attached hydrogen (secondary N) is 1. The molecule has 2 amide bonds. The molecule has 3 aromatic carbocycles. The zero-order chi connectivity index (χ0) is 29.6. The Labute approximate surface area is 247 Å². The summed E-state index contributed by atoms with van der Waals surface area (Å²) in [5.74, 6) is -0.909. The molecule has 0 spiro atoms. The second kappa shape index (κ2) is 13.5. The normalized spacial score (nSPS) is 12.9. The van der Waals surface area contributed by atoms with E-state index in [1.54, 1.807) is 68.4 Å². The highest BCUT2D eigenvalue weighted by molar-refractivity contribution is 7.92. The first-order chi connectivity index (χ1) is 18.8. The van der Waals surface area contributed by atoms with E-state index in [4.69, 9.17) is 23.2 Å². The largest absolute Gasteiger partial charge is 0.352 e. The van der Waals surface area contributed by atoms with Gasteiger partial charge in [-0.05, 0) is 75.6 Å². The van der Waals surface area contributed by atoms with Gasteiger partial charge >= 0.3 is 0 Å². The van der Waals surface area contributed by atoms with Crippen molar-refractivity contribution in [1.29, 1.82) is 0 Å². The zero-order valence-corrected chi connectivity index (χ0v) is 25.6. The van der Waals surface area contributed by atoms with Crippen molar-refractivity contribution in [3.8, 4) is 0 Å². The molecule has 7 nitrogen and oxygen atoms in total. The van der Waals surface area contributed by atoms with E-state index in [2.05, 4.69) is 5.32 Å². The number of rotatable bonds is 11. The molecule has 0 fully saturated rings. The fraction of sp³-hybridized carbons (Fsp3) is 0.333. The molecule has 40 heavy (non-hydrogen) atoms. The van der Waals surface area contributed by atoms with Gasteiger partial charge in [0.25, 0.3) is 10.0 Å². The molecular formula is C30H35Cl2N3O4S. The lowest BCUT2D eigenvalue weighted by molar-refractivity contribution is -0.139. The Kier molecular flexibility index (Phi) is 10.6. The van der Waals surface area contributed by atoms with Crippen molar-refractivity contribution in [2.75, 3.05) is 10.8 Å². The quantitative estimate of drug-likeness (QED) is 0.285. The summed E-state index contributed by atoms with van der Waals surface area (Å²) in [5.41, 5.74) is 2.54. The number of halogens is 2. The zero-order valence-electron chi connectivity index (χ0n) is 23.3. The van der Waals surface area contributed by atoms with Crippen LogP contribution in [0.5, 0.6) is 0 Å². The summed E-state index contributed by atoms with van der Waals surface area (Å²) in [6, 6.07) is 17.3. The lowest BCUT2D eigenvalue weighted by Gasteiger charge is -2.33. The molecule has 10 heteroatoms. The van der Waals surface area contributed by atoms with Crippen LogP contribution in [0.1, 0.15) is 43.9 Å². The number of amides is 2. The molecule has 0 saturated carbocycles. The van der Waals surface area contributed by atoms with Gasteiger partial charge in [-0.3, -0.25) is 13.9 Å². The summed E-state index contributed by atoms with van der Waals surface area (Å²) in [4.78, 5) is 28.6. The Hall–Kier alpha value is -3.07. The molecule has 3 rings (SSSR count). The molecule has 0 aliphatic rings. The standard InChI is InChI=1S/C30H35Cl2N3O4S/c1-6-22(4)33-30(37)23(5)34(18-24-13-14-25(31)17-27(24)32)29(36)19-35(28-10-8-7-9-21(28)3)40(38,39)26-15-11-20(2)12-16-26/h7-17,22-23H,6,18-19H2,1-5H3,(H,33,37)/t22-,23-/m0/s1. The third-order valence-electron chi connectivity index (χ3n) is 6.80. The smallest absolute Gasteiger partial charge is 0.264 e. The number of benzene rings is 3. The lowest BCUT2D eigenvalue weighted by Crippen LogP contribution is -2.52. The monoisotopic (exact) mass is 603 g/mol. The van der Waals surface area contributed by atoms with E-state index in [1.165, 1.54) is 17.0 Å². The van der Waals surface area contributed by atoms with Crippen LogP contribution >= 0.6 is 23.2 Å². The van der Waals surface area contributed by atoms with Gasteiger partial charge in [-0.1, -0.05) is 72.1 Å². The Morgan fingerprint density at radius 1 is 0.950 bits per heavy atom. The first kappa shape index (κ1) is 31.5. The van der Waals surface area contributed by atoms with Crippen LogP contribution in [-0.4, -0.2) is 43.8 Å². The van der Waals surface area contributed by atoms with Crippen LogP contribution < -0.4 is 9.62 Å². The molecular weight excluding hydrogens is 569 g/mol. The molecule has 0 aliphatic carbocycles. The molecule has 0 heterocycles. The predicted molar refractivity (Wildman–Crippen MR) is 161 cm³/mol. The van der Waals surface area contributed by atoms with E-state index < -0.39 is 28.5 Å². The van der Waals surface area contributed by atoms with Crippen LogP contribution in [0.4, 0.5) is 5.69 Å². The van der Waals surface area contributed by atoms with Gasteiger partial charge in [0, 0.05) is 22.6 Å². The van der Waals surface area contributed by atoms with Gasteiger partial charge in [0.1, 0.15) is 12.6 Å². The number of nitrogens with zero attached hydrogens (tertiary/aromatic N) is 2. The highest BCUT2D eigenvalue weighted by atomic mass is 35.5. The third-order valence-corrected chi connectivity index (χ3v) is 9.16. The molecule has 214 valence electrons. The van der Waals surface area contributed by atoms with Crippen LogP contribution in [0.25, 0.3) is 0 Å². The SMILES string of the molecule is CC[C@H](C)NC(=O)[C@H](C)N(Cc1ccc(Cl)cc1Cl)C(=O)CN(c1ccccc1C)S(=O)(=O)c1ccc(C)cc1. The third kappa shape index (κ3) is 7.56. The minimum atomic E-state index is -4.14. The van der Waals surface area contributed by atoms with Gasteiger partial charge in [0.2, 0.25) is 11.8 Å². The Morgan fingerprint density at radius 2 is 1.60 bits per heavy atom. The van der Waals surface area contributed by atoms with E-state index in [0.29, 0.717) is 33.3 Å².